The van der Waals surface area contributed by atoms with Crippen LogP contribution in [-0.4, -0.2) is 23.4 Å². The Morgan fingerprint density at radius 2 is 2.00 bits per heavy atom. The summed E-state index contributed by atoms with van der Waals surface area (Å²) in [7, 11) is 0. The van der Waals surface area contributed by atoms with Gasteiger partial charge < -0.3 is 9.15 Å². The Kier molecular flexibility index (Phi) is 2.28. The summed E-state index contributed by atoms with van der Waals surface area (Å²) in [6.07, 6.45) is 1.89. The van der Waals surface area contributed by atoms with Crippen LogP contribution in [0.5, 0.6) is 0 Å². The number of aromatic nitrogens is 2. The maximum absolute atomic E-state index is 5.51. The summed E-state index contributed by atoms with van der Waals surface area (Å²) in [6, 6.07) is 0. The molecule has 2 heterocycles. The van der Waals surface area contributed by atoms with Gasteiger partial charge in [-0.15, -0.1) is 5.10 Å². The predicted molar refractivity (Wildman–Crippen MR) is 42.1 cm³/mol. The summed E-state index contributed by atoms with van der Waals surface area (Å²) in [6.45, 7) is 1.54. The van der Waals surface area contributed by atoms with E-state index >= 15 is 0 Å². The molecule has 0 N–H and O–H groups in total. The Balaban J connectivity index is 2.08. The minimum Gasteiger partial charge on any atom is -0.412 e. The molecule has 66 valence electrons. The molecule has 0 saturated carbocycles. The molecule has 0 radical (unpaired) electrons. The molecule has 2 rings (SSSR count). The first-order chi connectivity index (χ1) is 5.86. The summed E-state index contributed by atoms with van der Waals surface area (Å²) in [5, 5.41) is 7.56. The van der Waals surface area contributed by atoms with Gasteiger partial charge in [0.1, 0.15) is 0 Å². The molecule has 4 nitrogen and oxygen atoms in total. The Bertz CT molecular complexity index is 258. The minimum atomic E-state index is 0.122. The van der Waals surface area contributed by atoms with Crippen LogP contribution < -0.4 is 0 Å². The number of hydrogen-bond acceptors (Lipinski definition) is 4. The fourth-order valence-corrected chi connectivity index (χ4v) is 1.44. The van der Waals surface area contributed by atoms with Gasteiger partial charge in [-0.2, -0.15) is 0 Å². The average molecular weight is 189 g/mol. The van der Waals surface area contributed by atoms with E-state index in [1.807, 2.05) is 0 Å². The summed E-state index contributed by atoms with van der Waals surface area (Å²) in [4.78, 5) is 0. The van der Waals surface area contributed by atoms with Crippen LogP contribution in [0.2, 0.25) is 5.35 Å². The molecular formula is C7H9ClN2O2. The standard InChI is InChI=1S/C7H9ClN2O2/c8-7-10-9-6(12-7)5-1-3-11-4-2-5/h5H,1-4H2. The van der Waals surface area contributed by atoms with E-state index in [1.165, 1.54) is 0 Å². The lowest BCUT2D eigenvalue weighted by Crippen LogP contribution is -2.14. The van der Waals surface area contributed by atoms with Gasteiger partial charge in [0.2, 0.25) is 5.89 Å². The molecule has 1 saturated heterocycles. The molecule has 1 aliphatic heterocycles. The molecule has 0 amide bonds. The number of nitrogens with zero attached hydrogens (tertiary/aromatic N) is 2. The lowest BCUT2D eigenvalue weighted by atomic mass is 10.0. The van der Waals surface area contributed by atoms with E-state index in [0.29, 0.717) is 11.8 Å². The molecule has 0 spiro atoms. The quantitative estimate of drug-likeness (QED) is 0.672. The number of rotatable bonds is 1. The van der Waals surface area contributed by atoms with E-state index in [9.17, 15) is 0 Å². The van der Waals surface area contributed by atoms with E-state index in [4.69, 9.17) is 20.8 Å². The average Bonchev–Trinajstić information content (AvgIpc) is 2.54. The fraction of sp³-hybridized carbons (Fsp3) is 0.714. The maximum Gasteiger partial charge on any atom is 0.312 e. The van der Waals surface area contributed by atoms with E-state index in [1.54, 1.807) is 0 Å². The molecule has 12 heavy (non-hydrogen) atoms. The van der Waals surface area contributed by atoms with Crippen LogP contribution in [0.25, 0.3) is 0 Å². The van der Waals surface area contributed by atoms with Crippen molar-refractivity contribution in [3.05, 3.63) is 11.2 Å². The van der Waals surface area contributed by atoms with Crippen molar-refractivity contribution in [2.75, 3.05) is 13.2 Å². The van der Waals surface area contributed by atoms with Crippen molar-refractivity contribution in [3.8, 4) is 0 Å². The monoisotopic (exact) mass is 188 g/mol. The van der Waals surface area contributed by atoms with Gasteiger partial charge in [-0.1, -0.05) is 5.10 Å². The van der Waals surface area contributed by atoms with Crippen LogP contribution in [-0.2, 0) is 4.74 Å². The summed E-state index contributed by atoms with van der Waals surface area (Å²) < 4.78 is 10.3. The first-order valence-electron chi connectivity index (χ1n) is 3.93. The second-order valence-electron chi connectivity index (χ2n) is 2.78. The number of hydrogen-bond donors (Lipinski definition) is 0. The van der Waals surface area contributed by atoms with Crippen molar-refractivity contribution < 1.29 is 9.15 Å². The van der Waals surface area contributed by atoms with Crippen molar-refractivity contribution in [3.63, 3.8) is 0 Å². The molecule has 5 heteroatoms. The SMILES string of the molecule is Clc1nnc(C2CCOCC2)o1. The van der Waals surface area contributed by atoms with Crippen molar-refractivity contribution >= 4 is 11.6 Å². The van der Waals surface area contributed by atoms with Gasteiger partial charge in [0, 0.05) is 19.1 Å². The Labute approximate surface area is 74.9 Å². The van der Waals surface area contributed by atoms with Gasteiger partial charge in [-0.05, 0) is 24.4 Å². The van der Waals surface area contributed by atoms with Crippen molar-refractivity contribution in [1.82, 2.24) is 10.2 Å². The Hall–Kier alpha value is -0.610. The van der Waals surface area contributed by atoms with Gasteiger partial charge in [-0.3, -0.25) is 0 Å². The largest absolute Gasteiger partial charge is 0.412 e. The van der Waals surface area contributed by atoms with Crippen molar-refractivity contribution in [1.29, 1.82) is 0 Å². The highest BCUT2D eigenvalue weighted by atomic mass is 35.5. The molecular weight excluding hydrogens is 180 g/mol. The van der Waals surface area contributed by atoms with Crippen molar-refractivity contribution in [2.45, 2.75) is 18.8 Å². The number of ether oxygens (including phenoxy) is 1. The van der Waals surface area contributed by atoms with Gasteiger partial charge >= 0.3 is 5.35 Å². The zero-order valence-corrected chi connectivity index (χ0v) is 7.25. The van der Waals surface area contributed by atoms with E-state index in [-0.39, 0.29) is 5.35 Å². The molecule has 0 atom stereocenters. The molecule has 0 aliphatic carbocycles. The van der Waals surface area contributed by atoms with Gasteiger partial charge in [0.25, 0.3) is 0 Å². The van der Waals surface area contributed by atoms with Gasteiger partial charge in [0.05, 0.1) is 0 Å². The topological polar surface area (TPSA) is 48.2 Å². The zero-order valence-electron chi connectivity index (χ0n) is 6.49. The highest BCUT2D eigenvalue weighted by molar-refractivity contribution is 6.27. The third-order valence-electron chi connectivity index (χ3n) is 1.99. The third-order valence-corrected chi connectivity index (χ3v) is 2.14. The minimum absolute atomic E-state index is 0.122. The molecule has 0 bridgehead atoms. The van der Waals surface area contributed by atoms with E-state index < -0.39 is 0 Å². The number of halogens is 1. The zero-order chi connectivity index (χ0) is 8.39. The second kappa shape index (κ2) is 3.41. The first-order valence-corrected chi connectivity index (χ1v) is 4.30. The van der Waals surface area contributed by atoms with Gasteiger partial charge in [0.15, 0.2) is 0 Å². The highest BCUT2D eigenvalue weighted by Gasteiger charge is 2.21. The van der Waals surface area contributed by atoms with Crippen LogP contribution in [0.1, 0.15) is 24.7 Å². The molecule has 1 aromatic heterocycles. The van der Waals surface area contributed by atoms with Crippen LogP contribution >= 0.6 is 11.6 Å². The first kappa shape index (κ1) is 8.01. The normalized spacial score (nSPS) is 19.8. The van der Waals surface area contributed by atoms with Crippen LogP contribution in [0.3, 0.4) is 0 Å². The molecule has 1 aliphatic rings. The smallest absolute Gasteiger partial charge is 0.312 e. The lowest BCUT2D eigenvalue weighted by molar-refractivity contribution is 0.0794. The lowest BCUT2D eigenvalue weighted by Gasteiger charge is -2.18. The Morgan fingerprint density at radius 1 is 1.25 bits per heavy atom. The van der Waals surface area contributed by atoms with Crippen LogP contribution in [0, 0.1) is 0 Å². The summed E-state index contributed by atoms with van der Waals surface area (Å²) in [5.41, 5.74) is 0. The van der Waals surface area contributed by atoms with Crippen molar-refractivity contribution in [2.24, 2.45) is 0 Å². The molecule has 0 unspecified atom stereocenters. The maximum atomic E-state index is 5.51. The Morgan fingerprint density at radius 3 is 2.58 bits per heavy atom. The van der Waals surface area contributed by atoms with Crippen LogP contribution in [0.15, 0.2) is 4.42 Å². The van der Waals surface area contributed by atoms with Crippen LogP contribution in [0.4, 0.5) is 0 Å². The second-order valence-corrected chi connectivity index (χ2v) is 3.10. The predicted octanol–water partition coefficient (Wildman–Crippen LogP) is 1.62. The molecule has 1 fully saturated rings. The fourth-order valence-electron chi connectivity index (χ4n) is 1.33. The molecule has 0 aromatic carbocycles. The summed E-state index contributed by atoms with van der Waals surface area (Å²) in [5.74, 6) is 0.974. The highest BCUT2D eigenvalue weighted by Crippen LogP contribution is 2.26. The van der Waals surface area contributed by atoms with Gasteiger partial charge in [-0.25, -0.2) is 0 Å². The summed E-state index contributed by atoms with van der Waals surface area (Å²) >= 11 is 5.51. The third kappa shape index (κ3) is 1.59. The van der Waals surface area contributed by atoms with E-state index in [0.717, 1.165) is 26.1 Å². The molecule has 1 aromatic rings. The van der Waals surface area contributed by atoms with E-state index in [2.05, 4.69) is 10.2 Å².